The quantitative estimate of drug-likeness (QED) is 0.341. The van der Waals surface area contributed by atoms with Gasteiger partial charge in [0, 0.05) is 0 Å². The summed E-state index contributed by atoms with van der Waals surface area (Å²) in [5.41, 5.74) is 4.05. The minimum absolute atomic E-state index is 0.0636. The van der Waals surface area contributed by atoms with Crippen LogP contribution in [0.1, 0.15) is 13.8 Å². The standard InChI is InChI=1S/C11H13ClFN3O2/c1-11(2,9(14)16-18)10(17)15-7-5-3-4-6(12)8(7)13/h3-5,18H,1-2H3,(H2,14,16)(H,15,17). The first-order chi connectivity index (χ1) is 8.30. The van der Waals surface area contributed by atoms with E-state index in [1.54, 1.807) is 0 Å². The van der Waals surface area contributed by atoms with Gasteiger partial charge in [0.2, 0.25) is 5.91 Å². The summed E-state index contributed by atoms with van der Waals surface area (Å²) in [7, 11) is 0. The van der Waals surface area contributed by atoms with Gasteiger partial charge in [-0.05, 0) is 26.0 Å². The highest BCUT2D eigenvalue weighted by Gasteiger charge is 2.33. The number of nitrogens with zero attached hydrogens (tertiary/aromatic N) is 1. The Morgan fingerprint density at radius 3 is 2.72 bits per heavy atom. The van der Waals surface area contributed by atoms with Crippen LogP contribution >= 0.6 is 11.6 Å². The minimum atomic E-state index is -1.27. The van der Waals surface area contributed by atoms with E-state index >= 15 is 0 Å². The highest BCUT2D eigenvalue weighted by molar-refractivity contribution is 6.31. The molecule has 0 unspecified atom stereocenters. The van der Waals surface area contributed by atoms with Gasteiger partial charge in [0.1, 0.15) is 5.41 Å². The molecule has 0 spiro atoms. The lowest BCUT2D eigenvalue weighted by atomic mass is 9.91. The molecule has 1 rings (SSSR count). The first-order valence-electron chi connectivity index (χ1n) is 5.04. The van der Waals surface area contributed by atoms with Crippen molar-refractivity contribution in [3.63, 3.8) is 0 Å². The van der Waals surface area contributed by atoms with Crippen molar-refractivity contribution in [3.05, 3.63) is 29.0 Å². The maximum Gasteiger partial charge on any atom is 0.237 e. The molecular weight excluding hydrogens is 261 g/mol. The fourth-order valence-corrected chi connectivity index (χ4v) is 1.29. The molecule has 0 radical (unpaired) electrons. The van der Waals surface area contributed by atoms with Gasteiger partial charge in [0.15, 0.2) is 11.7 Å². The zero-order chi connectivity index (χ0) is 13.9. The predicted molar refractivity (Wildman–Crippen MR) is 67.2 cm³/mol. The second-order valence-corrected chi connectivity index (χ2v) is 4.57. The van der Waals surface area contributed by atoms with Crippen molar-refractivity contribution in [1.82, 2.24) is 0 Å². The van der Waals surface area contributed by atoms with E-state index in [1.807, 2.05) is 0 Å². The third kappa shape index (κ3) is 2.70. The van der Waals surface area contributed by atoms with Crippen LogP contribution in [0.5, 0.6) is 0 Å². The van der Waals surface area contributed by atoms with Crippen molar-refractivity contribution in [3.8, 4) is 0 Å². The number of amidine groups is 1. The van der Waals surface area contributed by atoms with Gasteiger partial charge in [-0.15, -0.1) is 0 Å². The average molecular weight is 274 g/mol. The van der Waals surface area contributed by atoms with Crippen LogP contribution in [0.25, 0.3) is 0 Å². The molecule has 18 heavy (non-hydrogen) atoms. The Balaban J connectivity index is 2.99. The summed E-state index contributed by atoms with van der Waals surface area (Å²) >= 11 is 5.59. The highest BCUT2D eigenvalue weighted by Crippen LogP contribution is 2.24. The maximum atomic E-state index is 13.6. The highest BCUT2D eigenvalue weighted by atomic mass is 35.5. The van der Waals surface area contributed by atoms with Crippen LogP contribution < -0.4 is 11.1 Å². The molecule has 1 aromatic carbocycles. The number of benzene rings is 1. The Kier molecular flexibility index (Phi) is 4.13. The van der Waals surface area contributed by atoms with Crippen LogP contribution in [0.2, 0.25) is 5.02 Å². The van der Waals surface area contributed by atoms with Crippen LogP contribution in [0.4, 0.5) is 10.1 Å². The third-order valence-corrected chi connectivity index (χ3v) is 2.81. The van der Waals surface area contributed by atoms with E-state index in [2.05, 4.69) is 10.5 Å². The van der Waals surface area contributed by atoms with Crippen molar-refractivity contribution in [2.45, 2.75) is 13.8 Å². The summed E-state index contributed by atoms with van der Waals surface area (Å²) in [6, 6.07) is 4.22. The first-order valence-corrected chi connectivity index (χ1v) is 5.42. The molecule has 0 saturated carbocycles. The van der Waals surface area contributed by atoms with Gasteiger partial charge in [-0.2, -0.15) is 0 Å². The molecule has 0 saturated heterocycles. The molecule has 0 atom stereocenters. The molecule has 0 aromatic heterocycles. The van der Waals surface area contributed by atoms with E-state index in [1.165, 1.54) is 32.0 Å². The van der Waals surface area contributed by atoms with E-state index in [-0.39, 0.29) is 16.5 Å². The van der Waals surface area contributed by atoms with E-state index in [4.69, 9.17) is 22.5 Å². The number of hydrogen-bond acceptors (Lipinski definition) is 3. The number of oxime groups is 1. The summed E-state index contributed by atoms with van der Waals surface area (Å²) in [6.07, 6.45) is 0. The molecule has 5 nitrogen and oxygen atoms in total. The molecule has 0 heterocycles. The van der Waals surface area contributed by atoms with Crippen molar-refractivity contribution in [2.24, 2.45) is 16.3 Å². The van der Waals surface area contributed by atoms with Crippen LogP contribution in [0.15, 0.2) is 23.4 Å². The summed E-state index contributed by atoms with van der Waals surface area (Å²) in [4.78, 5) is 11.9. The van der Waals surface area contributed by atoms with E-state index < -0.39 is 17.1 Å². The number of halogens is 2. The molecular formula is C11H13ClFN3O2. The van der Waals surface area contributed by atoms with Gasteiger partial charge < -0.3 is 16.3 Å². The Labute approximate surface area is 108 Å². The fraction of sp³-hybridized carbons (Fsp3) is 0.273. The Bertz CT molecular complexity index is 503. The molecule has 1 amide bonds. The van der Waals surface area contributed by atoms with Crippen LogP contribution in [0, 0.1) is 11.2 Å². The van der Waals surface area contributed by atoms with Crippen LogP contribution in [-0.2, 0) is 4.79 Å². The van der Waals surface area contributed by atoms with Gasteiger partial charge >= 0.3 is 0 Å². The zero-order valence-electron chi connectivity index (χ0n) is 9.87. The topological polar surface area (TPSA) is 87.7 Å². The SMILES string of the molecule is CC(C)(C(=O)Nc1cccc(Cl)c1F)C(N)=NO. The summed E-state index contributed by atoms with van der Waals surface area (Å²) in [6.45, 7) is 2.89. The lowest BCUT2D eigenvalue weighted by Gasteiger charge is -2.21. The number of anilines is 1. The van der Waals surface area contributed by atoms with E-state index in [0.717, 1.165) is 0 Å². The maximum absolute atomic E-state index is 13.6. The number of rotatable bonds is 3. The lowest BCUT2D eigenvalue weighted by Crippen LogP contribution is -2.42. The molecule has 0 bridgehead atoms. The second-order valence-electron chi connectivity index (χ2n) is 4.17. The summed E-state index contributed by atoms with van der Waals surface area (Å²) in [5.74, 6) is -1.62. The Hall–Kier alpha value is -1.82. The molecule has 0 fully saturated rings. The van der Waals surface area contributed by atoms with Crippen LogP contribution in [0.3, 0.4) is 0 Å². The molecule has 4 N–H and O–H groups in total. The van der Waals surface area contributed by atoms with E-state index in [9.17, 15) is 9.18 Å². The molecule has 1 aromatic rings. The minimum Gasteiger partial charge on any atom is -0.409 e. The zero-order valence-corrected chi connectivity index (χ0v) is 10.6. The van der Waals surface area contributed by atoms with Gasteiger partial charge in [0.25, 0.3) is 0 Å². The molecule has 98 valence electrons. The average Bonchev–Trinajstić information content (AvgIpc) is 2.33. The van der Waals surface area contributed by atoms with Crippen LogP contribution in [-0.4, -0.2) is 17.0 Å². The van der Waals surface area contributed by atoms with Gasteiger partial charge in [-0.25, -0.2) is 4.39 Å². The van der Waals surface area contributed by atoms with Crippen molar-refractivity contribution >= 4 is 29.0 Å². The van der Waals surface area contributed by atoms with Gasteiger partial charge in [0.05, 0.1) is 10.7 Å². The number of hydrogen-bond donors (Lipinski definition) is 3. The molecule has 0 aliphatic carbocycles. The van der Waals surface area contributed by atoms with Crippen molar-refractivity contribution < 1.29 is 14.4 Å². The number of carbonyl (C=O) groups excluding carboxylic acids is 1. The fourth-order valence-electron chi connectivity index (χ4n) is 1.12. The largest absolute Gasteiger partial charge is 0.409 e. The normalized spacial score (nSPS) is 12.3. The smallest absolute Gasteiger partial charge is 0.237 e. The van der Waals surface area contributed by atoms with Gasteiger partial charge in [-0.3, -0.25) is 4.79 Å². The first kappa shape index (κ1) is 14.2. The van der Waals surface area contributed by atoms with Gasteiger partial charge in [-0.1, -0.05) is 22.8 Å². The molecule has 0 aliphatic rings. The second kappa shape index (κ2) is 5.22. The monoisotopic (exact) mass is 273 g/mol. The number of carbonyl (C=O) groups is 1. The Morgan fingerprint density at radius 2 is 2.17 bits per heavy atom. The van der Waals surface area contributed by atoms with Crippen molar-refractivity contribution in [1.29, 1.82) is 0 Å². The lowest BCUT2D eigenvalue weighted by molar-refractivity contribution is -0.121. The number of amides is 1. The molecule has 7 heteroatoms. The summed E-state index contributed by atoms with van der Waals surface area (Å²) in [5, 5.41) is 13.6. The predicted octanol–water partition coefficient (Wildman–Crippen LogP) is 2.19. The summed E-state index contributed by atoms with van der Waals surface area (Å²) < 4.78 is 13.6. The van der Waals surface area contributed by atoms with E-state index in [0.29, 0.717) is 0 Å². The third-order valence-electron chi connectivity index (χ3n) is 2.52. The molecule has 0 aliphatic heterocycles. The number of nitrogens with two attached hydrogens (primary N) is 1. The number of nitrogens with one attached hydrogen (secondary N) is 1. The van der Waals surface area contributed by atoms with Crippen molar-refractivity contribution in [2.75, 3.05) is 5.32 Å². The Morgan fingerprint density at radius 1 is 1.56 bits per heavy atom.